The van der Waals surface area contributed by atoms with Crippen molar-refractivity contribution in [2.24, 2.45) is 0 Å². The third kappa shape index (κ3) is 3.05. The molecule has 0 bridgehead atoms. The lowest BCUT2D eigenvalue weighted by Crippen LogP contribution is -2.17. The summed E-state index contributed by atoms with van der Waals surface area (Å²) in [6.45, 7) is 8.34. The molecular formula is C17H19N5O2. The minimum absolute atomic E-state index is 0.0670. The average Bonchev–Trinajstić information content (AvgIpc) is 3.16. The van der Waals surface area contributed by atoms with Crippen LogP contribution < -0.4 is 5.32 Å². The summed E-state index contributed by atoms with van der Waals surface area (Å²) in [6, 6.07) is 7.78. The molecule has 7 nitrogen and oxygen atoms in total. The minimum atomic E-state index is -0.325. The van der Waals surface area contributed by atoms with Gasteiger partial charge in [-0.05, 0) is 45.4 Å². The molecule has 7 heteroatoms. The Bertz CT molecular complexity index is 894. The van der Waals surface area contributed by atoms with Crippen molar-refractivity contribution >= 4 is 11.9 Å². The van der Waals surface area contributed by atoms with Crippen molar-refractivity contribution in [1.82, 2.24) is 20.0 Å². The highest BCUT2D eigenvalue weighted by Crippen LogP contribution is 2.24. The summed E-state index contributed by atoms with van der Waals surface area (Å²) >= 11 is 0. The van der Waals surface area contributed by atoms with Crippen LogP contribution in [0.1, 0.15) is 34.2 Å². The number of aromatic nitrogens is 4. The highest BCUT2D eigenvalue weighted by Gasteiger charge is 2.17. The first-order chi connectivity index (χ1) is 11.5. The zero-order chi connectivity index (χ0) is 17.3. The third-order valence-corrected chi connectivity index (χ3v) is 3.70. The second-order valence-corrected chi connectivity index (χ2v) is 5.67. The summed E-state index contributed by atoms with van der Waals surface area (Å²) in [5.41, 5.74) is 4.23. The first kappa shape index (κ1) is 15.9. The van der Waals surface area contributed by atoms with Crippen LogP contribution in [0.4, 0.5) is 6.01 Å². The number of rotatable bonds is 4. The van der Waals surface area contributed by atoms with Crippen LogP contribution in [-0.4, -0.2) is 25.9 Å². The summed E-state index contributed by atoms with van der Waals surface area (Å²) in [5, 5.41) is 14.8. The molecule has 0 fully saturated rings. The normalized spacial score (nSPS) is 10.8. The first-order valence-corrected chi connectivity index (χ1v) is 7.75. The quantitative estimate of drug-likeness (QED) is 0.796. The van der Waals surface area contributed by atoms with E-state index in [-0.39, 0.29) is 11.9 Å². The van der Waals surface area contributed by atoms with Gasteiger partial charge in [-0.15, -0.1) is 5.10 Å². The predicted molar refractivity (Wildman–Crippen MR) is 89.8 cm³/mol. The molecular weight excluding hydrogens is 306 g/mol. The van der Waals surface area contributed by atoms with Crippen molar-refractivity contribution in [1.29, 1.82) is 0 Å². The van der Waals surface area contributed by atoms with Crippen molar-refractivity contribution in [3.8, 4) is 11.5 Å². The van der Waals surface area contributed by atoms with Gasteiger partial charge in [0, 0.05) is 12.1 Å². The van der Waals surface area contributed by atoms with Gasteiger partial charge in [0.25, 0.3) is 5.91 Å². The van der Waals surface area contributed by atoms with Crippen LogP contribution in [0.3, 0.4) is 0 Å². The Labute approximate surface area is 139 Å². The van der Waals surface area contributed by atoms with Crippen molar-refractivity contribution in [3.05, 3.63) is 46.8 Å². The molecule has 0 radical (unpaired) electrons. The van der Waals surface area contributed by atoms with E-state index >= 15 is 0 Å². The Hall–Kier alpha value is -2.96. The molecule has 0 aliphatic heterocycles. The fourth-order valence-electron chi connectivity index (χ4n) is 2.48. The number of carbonyl (C=O) groups is 1. The van der Waals surface area contributed by atoms with Crippen molar-refractivity contribution in [2.75, 3.05) is 5.32 Å². The molecule has 24 heavy (non-hydrogen) atoms. The Morgan fingerprint density at radius 3 is 2.75 bits per heavy atom. The summed E-state index contributed by atoms with van der Waals surface area (Å²) in [4.78, 5) is 12.4. The predicted octanol–water partition coefficient (Wildman–Crippen LogP) is 3.13. The Balaban J connectivity index is 1.83. The number of carbonyl (C=O) groups excluding carboxylic acids is 1. The third-order valence-electron chi connectivity index (χ3n) is 3.70. The maximum absolute atomic E-state index is 12.4. The van der Waals surface area contributed by atoms with Gasteiger partial charge in [0.15, 0.2) is 0 Å². The van der Waals surface area contributed by atoms with Gasteiger partial charge in [0.1, 0.15) is 5.69 Å². The second kappa shape index (κ2) is 6.27. The Kier molecular flexibility index (Phi) is 4.16. The lowest BCUT2D eigenvalue weighted by Gasteiger charge is -2.03. The standard InChI is InChI=1S/C17H19N5O2/c1-5-22-14(9-12(4)21-22)15(23)18-17-20-19-16(24-17)13-8-10(2)6-7-11(13)3/h6-9H,5H2,1-4H3,(H,18,20,23). The molecule has 3 aromatic rings. The number of anilines is 1. The van der Waals surface area contributed by atoms with E-state index in [9.17, 15) is 4.79 Å². The van der Waals surface area contributed by atoms with E-state index in [1.807, 2.05) is 45.9 Å². The van der Waals surface area contributed by atoms with E-state index in [4.69, 9.17) is 4.42 Å². The van der Waals surface area contributed by atoms with Gasteiger partial charge in [0.2, 0.25) is 5.89 Å². The largest absolute Gasteiger partial charge is 0.403 e. The molecule has 1 N–H and O–H groups in total. The van der Waals surface area contributed by atoms with Gasteiger partial charge < -0.3 is 4.42 Å². The molecule has 124 valence electrons. The molecule has 0 saturated carbocycles. The van der Waals surface area contributed by atoms with Gasteiger partial charge >= 0.3 is 6.01 Å². The zero-order valence-electron chi connectivity index (χ0n) is 14.1. The highest BCUT2D eigenvalue weighted by molar-refractivity contribution is 6.01. The molecule has 0 atom stereocenters. The van der Waals surface area contributed by atoms with E-state index in [2.05, 4.69) is 20.6 Å². The maximum Gasteiger partial charge on any atom is 0.322 e. The molecule has 0 aliphatic rings. The van der Waals surface area contributed by atoms with Crippen LogP contribution >= 0.6 is 0 Å². The minimum Gasteiger partial charge on any atom is -0.403 e. The fraction of sp³-hybridized carbons (Fsp3) is 0.294. The van der Waals surface area contributed by atoms with E-state index in [1.165, 1.54) is 0 Å². The van der Waals surface area contributed by atoms with E-state index in [0.717, 1.165) is 22.4 Å². The molecule has 1 amide bonds. The average molecular weight is 325 g/mol. The number of nitrogens with one attached hydrogen (secondary N) is 1. The SMILES string of the molecule is CCn1nc(C)cc1C(=O)Nc1nnc(-c2cc(C)ccc2C)o1. The van der Waals surface area contributed by atoms with E-state index in [1.54, 1.807) is 10.7 Å². The van der Waals surface area contributed by atoms with E-state index < -0.39 is 0 Å². The molecule has 0 spiro atoms. The molecule has 0 unspecified atom stereocenters. The molecule has 0 aliphatic carbocycles. The summed E-state index contributed by atoms with van der Waals surface area (Å²) < 4.78 is 7.23. The summed E-state index contributed by atoms with van der Waals surface area (Å²) in [7, 11) is 0. The maximum atomic E-state index is 12.4. The van der Waals surface area contributed by atoms with Crippen LogP contribution in [0.5, 0.6) is 0 Å². The van der Waals surface area contributed by atoms with Crippen LogP contribution in [0.2, 0.25) is 0 Å². The number of hydrogen-bond acceptors (Lipinski definition) is 5. The number of amides is 1. The Morgan fingerprint density at radius 1 is 1.21 bits per heavy atom. The molecule has 2 heterocycles. The number of benzene rings is 1. The van der Waals surface area contributed by atoms with Crippen molar-refractivity contribution in [2.45, 2.75) is 34.2 Å². The number of aryl methyl sites for hydroxylation is 4. The Morgan fingerprint density at radius 2 is 2.00 bits per heavy atom. The summed E-state index contributed by atoms with van der Waals surface area (Å²) in [6.07, 6.45) is 0. The summed E-state index contributed by atoms with van der Waals surface area (Å²) in [5.74, 6) is 0.0558. The van der Waals surface area contributed by atoms with Crippen molar-refractivity contribution < 1.29 is 9.21 Å². The monoisotopic (exact) mass is 325 g/mol. The molecule has 1 aromatic carbocycles. The van der Waals surface area contributed by atoms with Gasteiger partial charge in [-0.25, -0.2) is 0 Å². The van der Waals surface area contributed by atoms with Gasteiger partial charge in [-0.1, -0.05) is 22.8 Å². The number of nitrogens with zero attached hydrogens (tertiary/aromatic N) is 4. The lowest BCUT2D eigenvalue weighted by molar-refractivity contribution is 0.101. The van der Waals surface area contributed by atoms with Crippen LogP contribution in [0.15, 0.2) is 28.7 Å². The number of hydrogen-bond donors (Lipinski definition) is 1. The van der Waals surface area contributed by atoms with Gasteiger partial charge in [-0.2, -0.15) is 5.10 Å². The first-order valence-electron chi connectivity index (χ1n) is 7.75. The topological polar surface area (TPSA) is 85.8 Å². The van der Waals surface area contributed by atoms with Crippen LogP contribution in [0, 0.1) is 20.8 Å². The highest BCUT2D eigenvalue weighted by atomic mass is 16.4. The van der Waals surface area contributed by atoms with Crippen molar-refractivity contribution in [3.63, 3.8) is 0 Å². The van der Waals surface area contributed by atoms with Crippen LogP contribution in [0.25, 0.3) is 11.5 Å². The molecule has 0 saturated heterocycles. The lowest BCUT2D eigenvalue weighted by atomic mass is 10.1. The van der Waals surface area contributed by atoms with Crippen LogP contribution in [-0.2, 0) is 6.54 Å². The van der Waals surface area contributed by atoms with Gasteiger partial charge in [-0.3, -0.25) is 14.8 Å². The molecule has 2 aromatic heterocycles. The molecule has 3 rings (SSSR count). The zero-order valence-corrected chi connectivity index (χ0v) is 14.1. The van der Waals surface area contributed by atoms with E-state index in [0.29, 0.717) is 18.1 Å². The second-order valence-electron chi connectivity index (χ2n) is 5.67. The smallest absolute Gasteiger partial charge is 0.322 e. The fourth-order valence-corrected chi connectivity index (χ4v) is 2.48. The van der Waals surface area contributed by atoms with Gasteiger partial charge in [0.05, 0.1) is 5.69 Å².